The Labute approximate surface area is 124 Å². The van der Waals surface area contributed by atoms with Crippen molar-refractivity contribution in [3.63, 3.8) is 0 Å². The van der Waals surface area contributed by atoms with Crippen molar-refractivity contribution in [2.75, 3.05) is 6.54 Å². The second-order valence-electron chi connectivity index (χ2n) is 4.17. The summed E-state index contributed by atoms with van der Waals surface area (Å²) >= 11 is 5.72. The van der Waals surface area contributed by atoms with Crippen molar-refractivity contribution in [3.05, 3.63) is 69.0 Å². The van der Waals surface area contributed by atoms with Crippen LogP contribution in [0.3, 0.4) is 0 Å². The molecule has 0 fully saturated rings. The highest BCUT2D eigenvalue weighted by Gasteiger charge is 2.07. The number of pyridine rings is 2. The summed E-state index contributed by atoms with van der Waals surface area (Å²) in [4.78, 5) is 28.7. The van der Waals surface area contributed by atoms with Crippen molar-refractivity contribution in [3.8, 4) is 0 Å². The van der Waals surface area contributed by atoms with E-state index in [1.807, 2.05) is 0 Å². The first-order chi connectivity index (χ1) is 10.0. The standard InChI is InChI=1S/C13H11ClN4O3/c14-11-5-4-10(7-15-11)8-17-6-2-1-3-12(17)16-13(19)9-18(20)21/h1-7H,8-9H2. The van der Waals surface area contributed by atoms with Gasteiger partial charge < -0.3 is 4.57 Å². The Hall–Kier alpha value is -2.54. The number of halogens is 1. The molecule has 2 aromatic heterocycles. The predicted molar refractivity (Wildman–Crippen MR) is 75.2 cm³/mol. The zero-order valence-electron chi connectivity index (χ0n) is 10.8. The minimum absolute atomic E-state index is 0.347. The van der Waals surface area contributed by atoms with Gasteiger partial charge in [0.15, 0.2) is 0 Å². The van der Waals surface area contributed by atoms with Crippen molar-refractivity contribution in [2.24, 2.45) is 4.99 Å². The van der Waals surface area contributed by atoms with E-state index in [-0.39, 0.29) is 0 Å². The third-order valence-electron chi connectivity index (χ3n) is 2.56. The van der Waals surface area contributed by atoms with Crippen LogP contribution in [0.4, 0.5) is 0 Å². The largest absolute Gasteiger partial charge is 0.328 e. The van der Waals surface area contributed by atoms with Crippen molar-refractivity contribution in [1.82, 2.24) is 9.55 Å². The molecule has 0 aliphatic heterocycles. The molecule has 0 bridgehead atoms. The first-order valence-corrected chi connectivity index (χ1v) is 6.37. The smallest absolute Gasteiger partial charge is 0.319 e. The Kier molecular flexibility index (Phi) is 4.78. The molecule has 0 spiro atoms. The zero-order chi connectivity index (χ0) is 15.2. The molecule has 0 aromatic carbocycles. The lowest BCUT2D eigenvalue weighted by Crippen LogP contribution is -2.24. The van der Waals surface area contributed by atoms with Gasteiger partial charge in [0.1, 0.15) is 10.6 Å². The molecule has 2 aromatic rings. The molecule has 7 nitrogen and oxygen atoms in total. The van der Waals surface area contributed by atoms with Gasteiger partial charge >= 0.3 is 5.91 Å². The van der Waals surface area contributed by atoms with Crippen molar-refractivity contribution < 1.29 is 9.72 Å². The molecule has 8 heteroatoms. The summed E-state index contributed by atoms with van der Waals surface area (Å²) in [6.45, 7) is -0.396. The van der Waals surface area contributed by atoms with Crippen LogP contribution in [0.25, 0.3) is 0 Å². The number of nitrogens with zero attached hydrogens (tertiary/aromatic N) is 4. The van der Waals surface area contributed by atoms with E-state index in [1.165, 1.54) is 0 Å². The van der Waals surface area contributed by atoms with Gasteiger partial charge in [0.25, 0.3) is 6.54 Å². The van der Waals surface area contributed by atoms with Gasteiger partial charge in [-0.3, -0.25) is 14.9 Å². The molecule has 0 aliphatic rings. The number of amides is 1. The first kappa shape index (κ1) is 14.9. The lowest BCUT2D eigenvalue weighted by Gasteiger charge is -2.06. The summed E-state index contributed by atoms with van der Waals surface area (Å²) in [7, 11) is 0. The Balaban J connectivity index is 2.28. The second kappa shape index (κ2) is 6.76. The van der Waals surface area contributed by atoms with Crippen LogP contribution in [-0.2, 0) is 11.3 Å². The molecule has 108 valence electrons. The lowest BCUT2D eigenvalue weighted by molar-refractivity contribution is -0.467. The van der Waals surface area contributed by atoms with Gasteiger partial charge in [-0.15, -0.1) is 0 Å². The third-order valence-corrected chi connectivity index (χ3v) is 2.79. The van der Waals surface area contributed by atoms with E-state index in [0.717, 1.165) is 5.56 Å². The maximum absolute atomic E-state index is 11.4. The molecule has 0 radical (unpaired) electrons. The Morgan fingerprint density at radius 3 is 2.86 bits per heavy atom. The second-order valence-corrected chi connectivity index (χ2v) is 4.56. The number of hydrogen-bond acceptors (Lipinski definition) is 4. The minimum Gasteiger partial charge on any atom is -0.328 e. The number of rotatable bonds is 4. The van der Waals surface area contributed by atoms with Gasteiger partial charge in [-0.25, -0.2) is 4.98 Å². The summed E-state index contributed by atoms with van der Waals surface area (Å²) in [6.07, 6.45) is 3.35. The first-order valence-electron chi connectivity index (χ1n) is 6.00. The van der Waals surface area contributed by atoms with Crippen molar-refractivity contribution in [2.45, 2.75) is 6.54 Å². The molecule has 0 unspecified atom stereocenters. The number of nitro groups is 1. The fraction of sp³-hybridized carbons (Fsp3) is 0.154. The van der Waals surface area contributed by atoms with E-state index in [9.17, 15) is 14.9 Å². The van der Waals surface area contributed by atoms with Crippen LogP contribution in [0.5, 0.6) is 0 Å². The van der Waals surface area contributed by atoms with Crippen molar-refractivity contribution in [1.29, 1.82) is 0 Å². The van der Waals surface area contributed by atoms with Crippen LogP contribution >= 0.6 is 11.6 Å². The van der Waals surface area contributed by atoms with Gasteiger partial charge in [0, 0.05) is 17.3 Å². The Morgan fingerprint density at radius 2 is 2.19 bits per heavy atom. The summed E-state index contributed by atoms with van der Waals surface area (Å²) in [6, 6.07) is 8.56. The quantitative estimate of drug-likeness (QED) is 0.483. The van der Waals surface area contributed by atoms with Crippen LogP contribution in [-0.4, -0.2) is 26.9 Å². The van der Waals surface area contributed by atoms with E-state index in [1.54, 1.807) is 47.3 Å². The maximum Gasteiger partial charge on any atom is 0.319 e. The topological polar surface area (TPSA) is 90.4 Å². The zero-order valence-corrected chi connectivity index (χ0v) is 11.6. The number of aromatic nitrogens is 2. The van der Waals surface area contributed by atoms with Crippen LogP contribution < -0.4 is 5.49 Å². The van der Waals surface area contributed by atoms with Crippen LogP contribution in [0.2, 0.25) is 5.15 Å². The summed E-state index contributed by atoms with van der Waals surface area (Å²) in [5, 5.41) is 10.7. The van der Waals surface area contributed by atoms with Crippen molar-refractivity contribution >= 4 is 17.5 Å². The van der Waals surface area contributed by atoms with E-state index < -0.39 is 17.4 Å². The maximum atomic E-state index is 11.4. The molecular formula is C13H11ClN4O3. The number of carbonyl (C=O) groups is 1. The number of carbonyl (C=O) groups excluding carboxylic acids is 1. The number of hydrogen-bond donors (Lipinski definition) is 0. The van der Waals surface area contributed by atoms with E-state index in [4.69, 9.17) is 11.6 Å². The van der Waals surface area contributed by atoms with Gasteiger partial charge in [-0.05, 0) is 23.8 Å². The molecule has 21 heavy (non-hydrogen) atoms. The lowest BCUT2D eigenvalue weighted by atomic mass is 10.3. The average molecular weight is 307 g/mol. The third kappa shape index (κ3) is 4.50. The molecule has 0 aliphatic carbocycles. The molecule has 2 heterocycles. The monoisotopic (exact) mass is 306 g/mol. The van der Waals surface area contributed by atoms with Crippen LogP contribution in [0, 0.1) is 10.1 Å². The van der Waals surface area contributed by atoms with Gasteiger partial charge in [0.05, 0.1) is 6.54 Å². The van der Waals surface area contributed by atoms with E-state index in [0.29, 0.717) is 17.2 Å². The SMILES string of the molecule is O=C(C[N+](=O)[O-])N=c1ccccn1Cc1ccc(Cl)nc1. The van der Waals surface area contributed by atoms with Gasteiger partial charge in [-0.2, -0.15) is 4.99 Å². The van der Waals surface area contributed by atoms with E-state index >= 15 is 0 Å². The highest BCUT2D eigenvalue weighted by atomic mass is 35.5. The van der Waals surface area contributed by atoms with Crippen LogP contribution in [0.15, 0.2) is 47.7 Å². The summed E-state index contributed by atoms with van der Waals surface area (Å²) in [5.74, 6) is -0.797. The predicted octanol–water partition coefficient (Wildman–Crippen LogP) is 1.29. The average Bonchev–Trinajstić information content (AvgIpc) is 2.42. The van der Waals surface area contributed by atoms with Crippen LogP contribution in [0.1, 0.15) is 5.56 Å². The highest BCUT2D eigenvalue weighted by Crippen LogP contribution is 2.05. The molecule has 0 atom stereocenters. The van der Waals surface area contributed by atoms with Gasteiger partial charge in [-0.1, -0.05) is 23.7 Å². The normalized spacial score (nSPS) is 11.4. The fourth-order valence-corrected chi connectivity index (χ4v) is 1.78. The molecule has 1 amide bonds. The molecule has 0 saturated heterocycles. The fourth-order valence-electron chi connectivity index (χ4n) is 1.67. The molecule has 2 rings (SSSR count). The minimum atomic E-state index is -0.822. The van der Waals surface area contributed by atoms with Gasteiger partial charge in [0.2, 0.25) is 0 Å². The molecule has 0 N–H and O–H groups in total. The highest BCUT2D eigenvalue weighted by molar-refractivity contribution is 6.29. The molecular weight excluding hydrogens is 296 g/mol. The summed E-state index contributed by atoms with van der Waals surface area (Å²) in [5.41, 5.74) is 1.22. The molecule has 0 saturated carbocycles. The summed E-state index contributed by atoms with van der Waals surface area (Å²) < 4.78 is 1.70. The Bertz CT molecular complexity index is 725. The Morgan fingerprint density at radius 1 is 1.38 bits per heavy atom. The van der Waals surface area contributed by atoms with E-state index in [2.05, 4.69) is 9.98 Å².